The molecule has 1 fully saturated rings. The number of para-hydroxylation sites is 1. The number of amides is 1. The first-order valence-corrected chi connectivity index (χ1v) is 6.78. The van der Waals surface area contributed by atoms with Gasteiger partial charge in [0.2, 0.25) is 0 Å². The van der Waals surface area contributed by atoms with E-state index >= 15 is 0 Å². The summed E-state index contributed by atoms with van der Waals surface area (Å²) < 4.78 is 5.42. The largest absolute Gasteiger partial charge is 0.365 e. The molecule has 0 bridgehead atoms. The van der Waals surface area contributed by atoms with Gasteiger partial charge in [-0.05, 0) is 24.0 Å². The number of anilines is 1. The lowest BCUT2D eigenvalue weighted by molar-refractivity contribution is -0.133. The molecule has 0 spiro atoms. The van der Waals surface area contributed by atoms with Crippen LogP contribution in [0.4, 0.5) is 5.69 Å². The fourth-order valence-corrected chi connectivity index (χ4v) is 2.55. The molecule has 1 aromatic carbocycles. The lowest BCUT2D eigenvalue weighted by Gasteiger charge is -2.34. The topological polar surface area (TPSA) is 55.6 Å². The summed E-state index contributed by atoms with van der Waals surface area (Å²) in [5, 5.41) is 0. The van der Waals surface area contributed by atoms with Crippen LogP contribution in [0.2, 0.25) is 0 Å². The van der Waals surface area contributed by atoms with E-state index in [4.69, 9.17) is 10.5 Å². The first-order valence-electron chi connectivity index (χ1n) is 6.78. The summed E-state index contributed by atoms with van der Waals surface area (Å²) in [6, 6.07) is 6.17. The second-order valence-electron chi connectivity index (χ2n) is 5.25. The second kappa shape index (κ2) is 5.72. The van der Waals surface area contributed by atoms with E-state index in [1.165, 1.54) is 5.56 Å². The van der Waals surface area contributed by atoms with Gasteiger partial charge in [0.15, 0.2) is 0 Å². The van der Waals surface area contributed by atoms with Crippen molar-refractivity contribution in [1.82, 2.24) is 0 Å². The number of morpholine rings is 1. The highest BCUT2D eigenvalue weighted by molar-refractivity contribution is 5.98. The lowest BCUT2D eigenvalue weighted by atomic mass is 9.96. The van der Waals surface area contributed by atoms with Crippen molar-refractivity contribution in [2.45, 2.75) is 32.8 Å². The maximum Gasteiger partial charge on any atom is 0.257 e. The predicted octanol–water partition coefficient (Wildman–Crippen LogP) is 1.81. The monoisotopic (exact) mass is 262 g/mol. The first-order chi connectivity index (χ1) is 9.06. The molecule has 1 aliphatic heterocycles. The highest BCUT2D eigenvalue weighted by Gasteiger charge is 2.31. The normalized spacial score (nSPS) is 20.2. The lowest BCUT2D eigenvalue weighted by Crippen LogP contribution is -2.51. The van der Waals surface area contributed by atoms with Crippen molar-refractivity contribution in [3.05, 3.63) is 29.3 Å². The van der Waals surface area contributed by atoms with E-state index < -0.39 is 6.10 Å². The second-order valence-corrected chi connectivity index (χ2v) is 5.25. The standard InChI is InChI=1S/C15H22N2O2/c1-10(2)12-6-4-5-11(3)14(12)17-7-8-19-13(9-16)15(17)18/h4-6,10,13H,7-9,16H2,1-3H3. The summed E-state index contributed by atoms with van der Waals surface area (Å²) in [4.78, 5) is 14.2. The Labute approximate surface area is 114 Å². The summed E-state index contributed by atoms with van der Waals surface area (Å²) in [7, 11) is 0. The molecule has 0 aromatic heterocycles. The van der Waals surface area contributed by atoms with Crippen molar-refractivity contribution in [2.24, 2.45) is 5.73 Å². The van der Waals surface area contributed by atoms with Crippen molar-refractivity contribution in [2.75, 3.05) is 24.6 Å². The van der Waals surface area contributed by atoms with E-state index in [1.54, 1.807) is 0 Å². The van der Waals surface area contributed by atoms with Crippen LogP contribution in [0.3, 0.4) is 0 Å². The van der Waals surface area contributed by atoms with Gasteiger partial charge in [-0.15, -0.1) is 0 Å². The Balaban J connectivity index is 2.43. The number of rotatable bonds is 3. The number of nitrogens with two attached hydrogens (primary N) is 1. The highest BCUT2D eigenvalue weighted by Crippen LogP contribution is 2.32. The maximum absolute atomic E-state index is 12.4. The molecule has 4 nitrogen and oxygen atoms in total. The van der Waals surface area contributed by atoms with Gasteiger partial charge in [0.1, 0.15) is 6.10 Å². The smallest absolute Gasteiger partial charge is 0.257 e. The van der Waals surface area contributed by atoms with Gasteiger partial charge in [-0.1, -0.05) is 32.0 Å². The molecule has 1 amide bonds. The minimum Gasteiger partial charge on any atom is -0.365 e. The molecule has 1 saturated heterocycles. The Morgan fingerprint density at radius 1 is 1.47 bits per heavy atom. The zero-order valence-electron chi connectivity index (χ0n) is 11.8. The van der Waals surface area contributed by atoms with Gasteiger partial charge in [-0.25, -0.2) is 0 Å². The number of nitrogens with zero attached hydrogens (tertiary/aromatic N) is 1. The number of ether oxygens (including phenoxy) is 1. The fourth-order valence-electron chi connectivity index (χ4n) is 2.55. The number of aryl methyl sites for hydroxylation is 1. The molecular weight excluding hydrogens is 240 g/mol. The van der Waals surface area contributed by atoms with E-state index in [2.05, 4.69) is 19.9 Å². The van der Waals surface area contributed by atoms with Crippen LogP contribution in [0.1, 0.15) is 30.9 Å². The molecule has 2 N–H and O–H groups in total. The Morgan fingerprint density at radius 2 is 2.21 bits per heavy atom. The van der Waals surface area contributed by atoms with E-state index in [0.29, 0.717) is 19.1 Å². The quantitative estimate of drug-likeness (QED) is 0.904. The van der Waals surface area contributed by atoms with Crippen molar-refractivity contribution in [3.63, 3.8) is 0 Å². The third-order valence-electron chi connectivity index (χ3n) is 3.55. The summed E-state index contributed by atoms with van der Waals surface area (Å²) in [5.74, 6) is 0.354. The van der Waals surface area contributed by atoms with E-state index in [1.807, 2.05) is 24.0 Å². The molecule has 19 heavy (non-hydrogen) atoms. The molecule has 1 aromatic rings. The number of carbonyl (C=O) groups excluding carboxylic acids is 1. The van der Waals surface area contributed by atoms with E-state index in [0.717, 1.165) is 11.3 Å². The molecule has 1 heterocycles. The van der Waals surface area contributed by atoms with Crippen LogP contribution in [0.25, 0.3) is 0 Å². The molecule has 0 saturated carbocycles. The Hall–Kier alpha value is -1.39. The Bertz CT molecular complexity index is 471. The van der Waals surface area contributed by atoms with Gasteiger partial charge >= 0.3 is 0 Å². The molecule has 1 unspecified atom stereocenters. The average molecular weight is 262 g/mol. The predicted molar refractivity (Wildman–Crippen MR) is 76.4 cm³/mol. The van der Waals surface area contributed by atoms with Gasteiger partial charge in [0.25, 0.3) is 5.91 Å². The molecule has 104 valence electrons. The summed E-state index contributed by atoms with van der Waals surface area (Å²) >= 11 is 0. The molecular formula is C15H22N2O2. The molecule has 1 atom stereocenters. The van der Waals surface area contributed by atoms with Gasteiger partial charge in [-0.2, -0.15) is 0 Å². The number of hydrogen-bond acceptors (Lipinski definition) is 3. The fraction of sp³-hybridized carbons (Fsp3) is 0.533. The van der Waals surface area contributed by atoms with Crippen LogP contribution in [-0.2, 0) is 9.53 Å². The summed E-state index contributed by atoms with van der Waals surface area (Å²) in [6.45, 7) is 7.70. The van der Waals surface area contributed by atoms with Crippen LogP contribution in [0, 0.1) is 6.92 Å². The Morgan fingerprint density at radius 3 is 2.84 bits per heavy atom. The minimum atomic E-state index is -0.506. The maximum atomic E-state index is 12.4. The van der Waals surface area contributed by atoms with Gasteiger partial charge in [0, 0.05) is 13.1 Å². The minimum absolute atomic E-state index is 0.0232. The van der Waals surface area contributed by atoms with Gasteiger partial charge in [0.05, 0.1) is 12.3 Å². The summed E-state index contributed by atoms with van der Waals surface area (Å²) in [6.07, 6.45) is -0.506. The third-order valence-corrected chi connectivity index (χ3v) is 3.55. The van der Waals surface area contributed by atoms with Crippen LogP contribution in [0.15, 0.2) is 18.2 Å². The van der Waals surface area contributed by atoms with Crippen molar-refractivity contribution < 1.29 is 9.53 Å². The van der Waals surface area contributed by atoms with Crippen molar-refractivity contribution in [3.8, 4) is 0 Å². The first kappa shape index (κ1) is 14.0. The SMILES string of the molecule is Cc1cccc(C(C)C)c1N1CCOC(CN)C1=O. The van der Waals surface area contributed by atoms with Crippen LogP contribution in [-0.4, -0.2) is 31.7 Å². The highest BCUT2D eigenvalue weighted by atomic mass is 16.5. The van der Waals surface area contributed by atoms with Gasteiger partial charge < -0.3 is 15.4 Å². The molecule has 0 radical (unpaired) electrons. The zero-order chi connectivity index (χ0) is 14.0. The average Bonchev–Trinajstić information content (AvgIpc) is 2.39. The van der Waals surface area contributed by atoms with Crippen molar-refractivity contribution >= 4 is 11.6 Å². The van der Waals surface area contributed by atoms with Crippen LogP contribution < -0.4 is 10.6 Å². The van der Waals surface area contributed by atoms with Crippen LogP contribution in [0.5, 0.6) is 0 Å². The van der Waals surface area contributed by atoms with E-state index in [-0.39, 0.29) is 12.5 Å². The van der Waals surface area contributed by atoms with Crippen LogP contribution >= 0.6 is 0 Å². The molecule has 2 rings (SSSR count). The number of benzene rings is 1. The Kier molecular flexibility index (Phi) is 4.22. The van der Waals surface area contributed by atoms with Gasteiger partial charge in [-0.3, -0.25) is 4.79 Å². The molecule has 0 aliphatic carbocycles. The molecule has 4 heteroatoms. The number of hydrogen-bond donors (Lipinski definition) is 1. The van der Waals surface area contributed by atoms with Crippen molar-refractivity contribution in [1.29, 1.82) is 0 Å². The van der Waals surface area contributed by atoms with E-state index in [9.17, 15) is 4.79 Å². The zero-order valence-corrected chi connectivity index (χ0v) is 11.8. The summed E-state index contributed by atoms with van der Waals surface area (Å²) in [5.41, 5.74) is 8.95. The third kappa shape index (κ3) is 2.65. The number of carbonyl (C=O) groups is 1. The molecule has 1 aliphatic rings.